The van der Waals surface area contributed by atoms with Gasteiger partial charge in [-0.15, -0.1) is 0 Å². The zero-order valence-corrected chi connectivity index (χ0v) is 13.5. The Morgan fingerprint density at radius 3 is 2.45 bits per heavy atom. The lowest BCUT2D eigenvalue weighted by atomic mass is 10.1. The van der Waals surface area contributed by atoms with Crippen molar-refractivity contribution < 1.29 is 4.74 Å². The second-order valence-corrected chi connectivity index (χ2v) is 5.38. The van der Waals surface area contributed by atoms with Gasteiger partial charge in [0.15, 0.2) is 0 Å². The lowest BCUT2D eigenvalue weighted by Crippen LogP contribution is -2.35. The average Bonchev–Trinajstić information content (AvgIpc) is 2.44. The first-order chi connectivity index (χ1) is 9.58. The first-order valence-electron chi connectivity index (χ1n) is 7.30. The highest BCUT2D eigenvalue weighted by Crippen LogP contribution is 2.25. The molecule has 20 heavy (non-hydrogen) atoms. The topological polar surface area (TPSA) is 27.7 Å². The lowest BCUT2D eigenvalue weighted by Gasteiger charge is -2.26. The smallest absolute Gasteiger partial charge is 0.124 e. The summed E-state index contributed by atoms with van der Waals surface area (Å²) in [6.45, 7) is 5.81. The molecule has 0 aliphatic heterocycles. The van der Waals surface area contributed by atoms with E-state index in [4.69, 9.17) is 4.74 Å². The number of ether oxygens (including phenoxy) is 1. The predicted octanol–water partition coefficient (Wildman–Crippen LogP) is 1.84. The second kappa shape index (κ2) is 8.95. The number of nitrogens with one attached hydrogen (secondary N) is 1. The number of benzene rings is 1. The minimum Gasteiger partial charge on any atom is -0.494 e. The maximum absolute atomic E-state index is 5.73. The van der Waals surface area contributed by atoms with Gasteiger partial charge < -0.3 is 19.9 Å². The summed E-state index contributed by atoms with van der Waals surface area (Å²) in [7, 11) is 8.38. The van der Waals surface area contributed by atoms with E-state index in [-0.39, 0.29) is 6.04 Å². The van der Waals surface area contributed by atoms with E-state index in [0.717, 1.165) is 25.4 Å². The SMILES string of the molecule is CCOc1ccccc1C(CN(C)CCN(C)C)NC. The van der Waals surface area contributed by atoms with Crippen LogP contribution in [0, 0.1) is 0 Å². The van der Waals surface area contributed by atoms with Gasteiger partial charge >= 0.3 is 0 Å². The van der Waals surface area contributed by atoms with E-state index in [2.05, 4.69) is 48.4 Å². The highest BCUT2D eigenvalue weighted by atomic mass is 16.5. The molecule has 0 saturated heterocycles. The van der Waals surface area contributed by atoms with Crippen LogP contribution in [0.2, 0.25) is 0 Å². The van der Waals surface area contributed by atoms with Crippen molar-refractivity contribution in [2.45, 2.75) is 13.0 Å². The van der Waals surface area contributed by atoms with Crippen LogP contribution in [0.4, 0.5) is 0 Å². The van der Waals surface area contributed by atoms with Crippen LogP contribution in [0.1, 0.15) is 18.5 Å². The Hall–Kier alpha value is -1.10. The van der Waals surface area contributed by atoms with Crippen molar-refractivity contribution in [3.63, 3.8) is 0 Å². The molecule has 0 amide bonds. The fourth-order valence-corrected chi connectivity index (χ4v) is 2.17. The minimum atomic E-state index is 0.282. The van der Waals surface area contributed by atoms with E-state index in [0.29, 0.717) is 6.61 Å². The Bertz CT molecular complexity index is 382. The molecule has 0 spiro atoms. The molecule has 0 saturated carbocycles. The van der Waals surface area contributed by atoms with Crippen LogP contribution >= 0.6 is 0 Å². The van der Waals surface area contributed by atoms with E-state index in [9.17, 15) is 0 Å². The molecule has 1 aromatic rings. The molecule has 1 rings (SSSR count). The van der Waals surface area contributed by atoms with Crippen LogP contribution in [0.5, 0.6) is 5.75 Å². The molecule has 0 aromatic heterocycles. The maximum Gasteiger partial charge on any atom is 0.124 e. The van der Waals surface area contributed by atoms with Gasteiger partial charge in [-0.25, -0.2) is 0 Å². The Kier molecular flexibility index (Phi) is 7.59. The molecule has 1 unspecified atom stereocenters. The van der Waals surface area contributed by atoms with E-state index in [1.807, 2.05) is 26.1 Å². The van der Waals surface area contributed by atoms with Gasteiger partial charge in [-0.2, -0.15) is 0 Å². The van der Waals surface area contributed by atoms with Crippen molar-refractivity contribution in [2.24, 2.45) is 0 Å². The van der Waals surface area contributed by atoms with Crippen LogP contribution in [0.3, 0.4) is 0 Å². The molecule has 4 nitrogen and oxygen atoms in total. The zero-order chi connectivity index (χ0) is 15.0. The van der Waals surface area contributed by atoms with Crippen LogP contribution in [-0.4, -0.2) is 64.2 Å². The number of para-hydroxylation sites is 1. The summed E-state index contributed by atoms with van der Waals surface area (Å²) < 4.78 is 5.73. The molecule has 1 N–H and O–H groups in total. The quantitative estimate of drug-likeness (QED) is 0.746. The van der Waals surface area contributed by atoms with Gasteiger partial charge in [0.1, 0.15) is 5.75 Å². The van der Waals surface area contributed by atoms with E-state index < -0.39 is 0 Å². The molecule has 0 radical (unpaired) electrons. The summed E-state index contributed by atoms with van der Waals surface area (Å²) in [4.78, 5) is 4.56. The molecule has 114 valence electrons. The number of likely N-dealkylation sites (N-methyl/N-ethyl adjacent to an activating group) is 3. The highest BCUT2D eigenvalue weighted by molar-refractivity contribution is 5.36. The Labute approximate surface area is 123 Å². The highest BCUT2D eigenvalue weighted by Gasteiger charge is 2.16. The third-order valence-corrected chi connectivity index (χ3v) is 3.37. The normalized spacial score (nSPS) is 12.9. The second-order valence-electron chi connectivity index (χ2n) is 5.38. The van der Waals surface area contributed by atoms with Crippen LogP contribution in [0.15, 0.2) is 24.3 Å². The van der Waals surface area contributed by atoms with Gasteiger partial charge in [-0.3, -0.25) is 0 Å². The van der Waals surface area contributed by atoms with E-state index >= 15 is 0 Å². The fraction of sp³-hybridized carbons (Fsp3) is 0.625. The molecule has 0 heterocycles. The molecule has 0 aliphatic carbocycles. The molecule has 0 aliphatic rings. The Balaban J connectivity index is 2.70. The van der Waals surface area contributed by atoms with E-state index in [1.54, 1.807) is 0 Å². The number of hydrogen-bond acceptors (Lipinski definition) is 4. The predicted molar refractivity (Wildman–Crippen MR) is 85.5 cm³/mol. The first kappa shape index (κ1) is 17.0. The van der Waals surface area contributed by atoms with Crippen LogP contribution < -0.4 is 10.1 Å². The van der Waals surface area contributed by atoms with Gasteiger partial charge in [0.05, 0.1) is 6.61 Å². The summed E-state index contributed by atoms with van der Waals surface area (Å²) in [6.07, 6.45) is 0. The largest absolute Gasteiger partial charge is 0.494 e. The monoisotopic (exact) mass is 279 g/mol. The number of hydrogen-bond donors (Lipinski definition) is 1. The summed E-state index contributed by atoms with van der Waals surface area (Å²) in [6, 6.07) is 8.57. The van der Waals surface area contributed by atoms with Crippen molar-refractivity contribution in [3.05, 3.63) is 29.8 Å². The molecule has 0 fully saturated rings. The van der Waals surface area contributed by atoms with Gasteiger partial charge in [0.2, 0.25) is 0 Å². The summed E-state index contributed by atoms with van der Waals surface area (Å²) in [5, 5.41) is 3.40. The van der Waals surface area contributed by atoms with Gasteiger partial charge in [-0.05, 0) is 41.2 Å². The molecule has 0 bridgehead atoms. The lowest BCUT2D eigenvalue weighted by molar-refractivity contribution is 0.256. The Morgan fingerprint density at radius 1 is 1.15 bits per heavy atom. The molecule has 1 aromatic carbocycles. The first-order valence-corrected chi connectivity index (χ1v) is 7.30. The Morgan fingerprint density at radius 2 is 1.85 bits per heavy atom. The third kappa shape index (κ3) is 5.49. The van der Waals surface area contributed by atoms with Gasteiger partial charge in [-0.1, -0.05) is 18.2 Å². The average molecular weight is 279 g/mol. The minimum absolute atomic E-state index is 0.282. The van der Waals surface area contributed by atoms with Crippen molar-refractivity contribution in [1.82, 2.24) is 15.1 Å². The van der Waals surface area contributed by atoms with Gasteiger partial charge in [0, 0.05) is 31.2 Å². The third-order valence-electron chi connectivity index (χ3n) is 3.37. The number of rotatable bonds is 9. The molecular weight excluding hydrogens is 250 g/mol. The summed E-state index contributed by atoms with van der Waals surface area (Å²) in [5.41, 5.74) is 1.23. The van der Waals surface area contributed by atoms with Gasteiger partial charge in [0.25, 0.3) is 0 Å². The van der Waals surface area contributed by atoms with Crippen molar-refractivity contribution >= 4 is 0 Å². The number of nitrogens with zero attached hydrogens (tertiary/aromatic N) is 2. The standard InChI is InChI=1S/C16H29N3O/c1-6-20-16-10-8-7-9-14(16)15(17-2)13-19(5)12-11-18(3)4/h7-10,15,17H,6,11-13H2,1-5H3. The van der Waals surface area contributed by atoms with E-state index in [1.165, 1.54) is 5.56 Å². The molecular formula is C16H29N3O. The van der Waals surface area contributed by atoms with Crippen LogP contribution in [0.25, 0.3) is 0 Å². The zero-order valence-electron chi connectivity index (χ0n) is 13.5. The summed E-state index contributed by atoms with van der Waals surface area (Å²) >= 11 is 0. The van der Waals surface area contributed by atoms with Crippen molar-refractivity contribution in [1.29, 1.82) is 0 Å². The van der Waals surface area contributed by atoms with Crippen LogP contribution in [-0.2, 0) is 0 Å². The summed E-state index contributed by atoms with van der Waals surface area (Å²) in [5.74, 6) is 0.982. The van der Waals surface area contributed by atoms with Crippen molar-refractivity contribution in [2.75, 3.05) is 54.4 Å². The maximum atomic E-state index is 5.73. The molecule has 1 atom stereocenters. The molecule has 4 heteroatoms. The fourth-order valence-electron chi connectivity index (χ4n) is 2.17. The van der Waals surface area contributed by atoms with Crippen molar-refractivity contribution in [3.8, 4) is 5.75 Å².